The predicted molar refractivity (Wildman–Crippen MR) is 178 cm³/mol. The number of esters is 2. The van der Waals surface area contributed by atoms with Crippen molar-refractivity contribution in [3.63, 3.8) is 0 Å². The maximum absolute atomic E-state index is 13.5. The molecule has 1 amide bonds. The average molecular weight is 649 g/mol. The summed E-state index contributed by atoms with van der Waals surface area (Å²) in [5, 5.41) is 2.66. The lowest BCUT2D eigenvalue weighted by Gasteiger charge is -2.30. The number of hydrogen-bond acceptors (Lipinski definition) is 9. The third-order valence-electron chi connectivity index (χ3n) is 6.98. The molecule has 1 heterocycles. The number of nitrogens with one attached hydrogen (secondary N) is 1. The van der Waals surface area contributed by atoms with Gasteiger partial charge in [-0.3, -0.25) is 9.69 Å². The van der Waals surface area contributed by atoms with Crippen molar-refractivity contribution in [1.29, 1.82) is 0 Å². The number of ether oxygens (including phenoxy) is 5. The number of carbonyl (C=O) groups is 3. The lowest BCUT2D eigenvalue weighted by atomic mass is 9.94. The van der Waals surface area contributed by atoms with E-state index in [1.807, 2.05) is 39.0 Å². The summed E-state index contributed by atoms with van der Waals surface area (Å²) >= 11 is 0. The number of amides is 1. The summed E-state index contributed by atoms with van der Waals surface area (Å²) in [5.41, 5.74) is -1.05. The van der Waals surface area contributed by atoms with Crippen LogP contribution in [0.3, 0.4) is 0 Å². The van der Waals surface area contributed by atoms with Gasteiger partial charge in [-0.25, -0.2) is 9.59 Å². The van der Waals surface area contributed by atoms with E-state index in [0.29, 0.717) is 19.4 Å². The fourth-order valence-electron chi connectivity index (χ4n) is 5.06. The molecule has 1 unspecified atom stereocenters. The Balaban J connectivity index is 2.14. The van der Waals surface area contributed by atoms with E-state index < -0.39 is 46.8 Å². The van der Waals surface area contributed by atoms with Gasteiger partial charge in [0.25, 0.3) is 0 Å². The van der Waals surface area contributed by atoms with Crippen molar-refractivity contribution in [3.8, 4) is 0 Å². The molecule has 1 N–H and O–H groups in total. The molecule has 3 atom stereocenters. The molecule has 0 saturated carbocycles. The van der Waals surface area contributed by atoms with Crippen LogP contribution in [-0.4, -0.2) is 78.4 Å². The molecule has 46 heavy (non-hydrogen) atoms. The molecule has 10 heteroatoms. The summed E-state index contributed by atoms with van der Waals surface area (Å²) in [4.78, 5) is 41.9. The molecule has 1 saturated heterocycles. The smallest absolute Gasteiger partial charge is 0.408 e. The third kappa shape index (κ3) is 17.9. The fraction of sp³-hybridized carbons (Fsp3) is 0.750. The SMILES string of the molecule is CC(C)(C)OC(=O)N[C@@H](C[C@@H](CCCN(CCCOC1CCCCO1)Cc1ccccc1)C(=O)OC(C)(C)C)C(=O)OC(C)(C)C. The normalized spacial score (nSPS) is 17.2. The Hall–Kier alpha value is -2.69. The Kier molecular flexibility index (Phi) is 16.0. The Morgan fingerprint density at radius 2 is 1.46 bits per heavy atom. The van der Waals surface area contributed by atoms with Gasteiger partial charge in [-0.1, -0.05) is 30.3 Å². The first kappa shape index (κ1) is 39.5. The van der Waals surface area contributed by atoms with Crippen molar-refractivity contribution in [3.05, 3.63) is 35.9 Å². The molecule has 2 rings (SSSR count). The summed E-state index contributed by atoms with van der Waals surface area (Å²) < 4.78 is 28.5. The number of carbonyl (C=O) groups excluding carboxylic acids is 3. The average Bonchev–Trinajstić information content (AvgIpc) is 2.92. The molecule has 10 nitrogen and oxygen atoms in total. The van der Waals surface area contributed by atoms with Crippen LogP contribution in [-0.2, 0) is 39.8 Å². The molecule has 1 aliphatic rings. The van der Waals surface area contributed by atoms with E-state index in [4.69, 9.17) is 23.7 Å². The lowest BCUT2D eigenvalue weighted by molar-refractivity contribution is -0.163. The summed E-state index contributed by atoms with van der Waals surface area (Å²) in [6.07, 6.45) is 4.31. The number of nitrogens with zero attached hydrogens (tertiary/aromatic N) is 1. The van der Waals surface area contributed by atoms with Crippen molar-refractivity contribution in [2.45, 2.75) is 143 Å². The molecule has 1 aromatic carbocycles. The Morgan fingerprint density at radius 3 is 2.04 bits per heavy atom. The van der Waals surface area contributed by atoms with E-state index in [1.54, 1.807) is 41.5 Å². The highest BCUT2D eigenvalue weighted by Gasteiger charge is 2.35. The fourth-order valence-corrected chi connectivity index (χ4v) is 5.06. The van der Waals surface area contributed by atoms with Crippen LogP contribution in [0.25, 0.3) is 0 Å². The highest BCUT2D eigenvalue weighted by atomic mass is 16.7. The molecule has 1 aromatic rings. The second kappa shape index (κ2) is 18.6. The summed E-state index contributed by atoms with van der Waals surface area (Å²) in [7, 11) is 0. The highest BCUT2D eigenvalue weighted by molar-refractivity contribution is 5.83. The van der Waals surface area contributed by atoms with E-state index in [0.717, 1.165) is 51.9 Å². The molecule has 0 radical (unpaired) electrons. The van der Waals surface area contributed by atoms with Crippen molar-refractivity contribution < 1.29 is 38.1 Å². The van der Waals surface area contributed by atoms with Crippen LogP contribution < -0.4 is 5.32 Å². The first-order chi connectivity index (χ1) is 21.4. The summed E-state index contributed by atoms with van der Waals surface area (Å²) in [6.45, 7) is 19.6. The highest BCUT2D eigenvalue weighted by Crippen LogP contribution is 2.23. The minimum Gasteiger partial charge on any atom is -0.460 e. The van der Waals surface area contributed by atoms with Gasteiger partial charge in [0.15, 0.2) is 6.29 Å². The van der Waals surface area contributed by atoms with Crippen molar-refractivity contribution >= 4 is 18.0 Å². The minimum absolute atomic E-state index is 0.0248. The second-order valence-corrected chi connectivity index (χ2v) is 15.1. The Morgan fingerprint density at radius 1 is 0.848 bits per heavy atom. The zero-order valence-corrected chi connectivity index (χ0v) is 29.8. The predicted octanol–water partition coefficient (Wildman–Crippen LogP) is 6.79. The van der Waals surface area contributed by atoms with E-state index >= 15 is 0 Å². The standard InChI is InChI=1S/C36H60N2O8/c1-34(2,3)44-31(39)28(25-29(32(40)45-35(4,5)6)37-33(41)46-36(7,8)9)19-15-21-38(26-27-17-11-10-12-18-27)22-16-24-43-30-20-13-14-23-42-30/h10-12,17-18,28-30H,13-16,19-26H2,1-9H3,(H,37,41)/t28-,29+,30?/m1/s1. The quantitative estimate of drug-likeness (QED) is 0.118. The molecule has 0 aliphatic carbocycles. The zero-order chi connectivity index (χ0) is 34.4. The number of rotatable bonds is 16. The van der Waals surface area contributed by atoms with Gasteiger partial charge in [-0.15, -0.1) is 0 Å². The summed E-state index contributed by atoms with van der Waals surface area (Å²) in [5.74, 6) is -1.70. The summed E-state index contributed by atoms with van der Waals surface area (Å²) in [6, 6.07) is 9.19. The van der Waals surface area contributed by atoms with Crippen LogP contribution in [0.1, 0.15) is 113 Å². The molecule has 1 fully saturated rings. The van der Waals surface area contributed by atoms with Crippen LogP contribution >= 0.6 is 0 Å². The van der Waals surface area contributed by atoms with E-state index in [-0.39, 0.29) is 12.7 Å². The van der Waals surface area contributed by atoms with E-state index in [9.17, 15) is 14.4 Å². The first-order valence-corrected chi connectivity index (χ1v) is 16.8. The molecule has 1 aliphatic heterocycles. The lowest BCUT2D eigenvalue weighted by Crippen LogP contribution is -2.47. The molecule has 0 spiro atoms. The zero-order valence-electron chi connectivity index (χ0n) is 29.8. The van der Waals surface area contributed by atoms with Gasteiger partial charge in [-0.05, 0) is 119 Å². The molecular formula is C36H60N2O8. The number of alkyl carbamates (subject to hydrolysis) is 1. The second-order valence-electron chi connectivity index (χ2n) is 15.1. The number of benzene rings is 1. The van der Waals surface area contributed by atoms with Gasteiger partial charge < -0.3 is 29.0 Å². The number of hydrogen-bond donors (Lipinski definition) is 1. The molecular weight excluding hydrogens is 588 g/mol. The van der Waals surface area contributed by atoms with Gasteiger partial charge >= 0.3 is 18.0 Å². The van der Waals surface area contributed by atoms with Gasteiger partial charge in [-0.2, -0.15) is 0 Å². The van der Waals surface area contributed by atoms with Crippen LogP contribution in [0, 0.1) is 5.92 Å². The largest absolute Gasteiger partial charge is 0.460 e. The molecule has 262 valence electrons. The minimum atomic E-state index is -1.09. The van der Waals surface area contributed by atoms with Gasteiger partial charge in [0.05, 0.1) is 12.5 Å². The van der Waals surface area contributed by atoms with Crippen LogP contribution in [0.4, 0.5) is 4.79 Å². The first-order valence-electron chi connectivity index (χ1n) is 16.8. The van der Waals surface area contributed by atoms with Crippen LogP contribution in [0.2, 0.25) is 0 Å². The van der Waals surface area contributed by atoms with Gasteiger partial charge in [0, 0.05) is 19.7 Å². The molecule has 0 aromatic heterocycles. The Bertz CT molecular complexity index is 1050. The maximum Gasteiger partial charge on any atom is 0.408 e. The monoisotopic (exact) mass is 648 g/mol. The Labute approximate surface area is 277 Å². The van der Waals surface area contributed by atoms with E-state index in [1.165, 1.54) is 5.56 Å². The molecule has 0 bridgehead atoms. The van der Waals surface area contributed by atoms with Crippen LogP contribution in [0.15, 0.2) is 30.3 Å². The van der Waals surface area contributed by atoms with Crippen molar-refractivity contribution in [2.75, 3.05) is 26.3 Å². The van der Waals surface area contributed by atoms with Crippen LogP contribution in [0.5, 0.6) is 0 Å². The van der Waals surface area contributed by atoms with Crippen molar-refractivity contribution in [2.24, 2.45) is 5.92 Å². The van der Waals surface area contributed by atoms with Gasteiger partial charge in [0.2, 0.25) is 0 Å². The van der Waals surface area contributed by atoms with Crippen molar-refractivity contribution in [1.82, 2.24) is 10.2 Å². The topological polar surface area (TPSA) is 113 Å². The van der Waals surface area contributed by atoms with E-state index in [2.05, 4.69) is 22.3 Å². The van der Waals surface area contributed by atoms with Gasteiger partial charge in [0.1, 0.15) is 22.8 Å². The third-order valence-corrected chi connectivity index (χ3v) is 6.98. The maximum atomic E-state index is 13.5.